The quantitative estimate of drug-likeness (QED) is 0.367. The van der Waals surface area contributed by atoms with E-state index in [1.807, 2.05) is 0 Å². The van der Waals surface area contributed by atoms with Gasteiger partial charge in [0.05, 0.1) is 0 Å². The Hall–Kier alpha value is 2.49. The number of hydrogen-bond acceptors (Lipinski definition) is 1. The van der Waals surface area contributed by atoms with Crippen molar-refractivity contribution in [2.75, 3.05) is 0 Å². The Labute approximate surface area is 98.0 Å². The first-order valence-corrected chi connectivity index (χ1v) is 2.35. The van der Waals surface area contributed by atoms with Gasteiger partial charge >= 0.3 is 37.4 Å². The summed E-state index contributed by atoms with van der Waals surface area (Å²) in [6.45, 7) is 0. The van der Waals surface area contributed by atoms with Gasteiger partial charge in [0.2, 0.25) is 0 Å². The second-order valence-corrected chi connectivity index (χ2v) is 1.54. The van der Waals surface area contributed by atoms with Crippen molar-refractivity contribution in [2.24, 2.45) is 0 Å². The van der Waals surface area contributed by atoms with Gasteiger partial charge in [-0.3, -0.25) is 0 Å². The van der Waals surface area contributed by atoms with E-state index in [0.29, 0.717) is 0 Å². The van der Waals surface area contributed by atoms with Gasteiger partial charge in [0, 0.05) is 42.7 Å². The summed E-state index contributed by atoms with van der Waals surface area (Å²) >= 11 is 0. The summed E-state index contributed by atoms with van der Waals surface area (Å²) in [5.41, 5.74) is 0. The van der Waals surface area contributed by atoms with E-state index >= 15 is 0 Å². The van der Waals surface area contributed by atoms with Gasteiger partial charge in [-0.1, -0.05) is 0 Å². The Morgan fingerprint density at radius 3 is 1.12 bits per heavy atom. The molecule has 0 unspecified atom stereocenters. The third kappa shape index (κ3) is 76.9. The molecule has 0 aliphatic rings. The third-order valence-electron chi connectivity index (χ3n) is 0. The minimum Gasteiger partial charge on any atom is 0 e. The predicted octanol–water partition coefficient (Wildman–Crippen LogP) is -1.58. The van der Waals surface area contributed by atoms with E-state index in [1.165, 1.54) is 0 Å². The fourth-order valence-corrected chi connectivity index (χ4v) is 0. The predicted molar refractivity (Wildman–Crippen MR) is 21.4 cm³/mol. The van der Waals surface area contributed by atoms with Gasteiger partial charge in [0.25, 0.3) is 0 Å². The monoisotopic (exact) mass is 270 g/mol. The van der Waals surface area contributed by atoms with Crippen molar-refractivity contribution in [1.82, 2.24) is 0 Å². The molecule has 8 heteroatoms. The van der Waals surface area contributed by atoms with E-state index in [9.17, 15) is 0 Å². The molecule has 4 nitrogen and oxygen atoms in total. The molecule has 0 aromatic heterocycles. The van der Waals surface area contributed by atoms with Gasteiger partial charge in [-0.15, -0.1) is 0 Å². The van der Waals surface area contributed by atoms with Gasteiger partial charge in [-0.25, -0.2) is 4.57 Å². The van der Waals surface area contributed by atoms with E-state index in [1.54, 1.807) is 0 Å². The minimum absolute atomic E-state index is 0. The zero-order valence-corrected chi connectivity index (χ0v) is 7.35. The SMILES string of the molecule is O=P(O)(O)O.[NaH].[Ni].[Zr]. The second kappa shape index (κ2) is 9.49. The van der Waals surface area contributed by atoms with Gasteiger partial charge in [0.15, 0.2) is 0 Å². The zero-order valence-electron chi connectivity index (χ0n) is 3.01. The van der Waals surface area contributed by atoms with E-state index in [2.05, 4.69) is 0 Å². The van der Waals surface area contributed by atoms with Crippen LogP contribution in [0.3, 0.4) is 0 Å². The second-order valence-electron chi connectivity index (χ2n) is 0.513. The topological polar surface area (TPSA) is 77.8 Å². The fraction of sp³-hybridized carbons (Fsp3) is 0. The van der Waals surface area contributed by atoms with Crippen LogP contribution in [0.4, 0.5) is 0 Å². The molecule has 3 N–H and O–H groups in total. The molecule has 48 valence electrons. The molecule has 0 saturated carbocycles. The Kier molecular flexibility index (Phi) is 26.6. The van der Waals surface area contributed by atoms with Gasteiger partial charge in [-0.05, 0) is 0 Å². The molecule has 0 aromatic rings. The first-order chi connectivity index (χ1) is 2.00. The van der Waals surface area contributed by atoms with Crippen molar-refractivity contribution in [1.29, 1.82) is 0 Å². The smallest absolute Gasteiger partial charge is 0 e. The summed E-state index contributed by atoms with van der Waals surface area (Å²) < 4.78 is 8.88. The molecule has 0 aliphatic heterocycles. The zero-order chi connectivity index (χ0) is 4.50. The maximum atomic E-state index is 8.88. The summed E-state index contributed by atoms with van der Waals surface area (Å²) in [7, 11) is -4.64. The van der Waals surface area contributed by atoms with Crippen LogP contribution in [0, 0.1) is 0 Å². The molecular weight excluding hydrogens is 268 g/mol. The Balaban J connectivity index is -0.0000000267. The van der Waals surface area contributed by atoms with Crippen LogP contribution in [0.5, 0.6) is 0 Å². The molecular formula is H4NaNiO4PZr. The van der Waals surface area contributed by atoms with Crippen molar-refractivity contribution < 1.29 is 61.9 Å². The number of hydrogen-bond donors (Lipinski definition) is 3. The van der Waals surface area contributed by atoms with Crippen LogP contribution in [0.1, 0.15) is 0 Å². The van der Waals surface area contributed by atoms with Crippen molar-refractivity contribution in [3.63, 3.8) is 0 Å². The fourth-order valence-electron chi connectivity index (χ4n) is 0. The molecule has 0 atom stereocenters. The molecule has 0 bridgehead atoms. The van der Waals surface area contributed by atoms with Crippen LogP contribution >= 0.6 is 7.82 Å². The van der Waals surface area contributed by atoms with E-state index < -0.39 is 7.82 Å². The van der Waals surface area contributed by atoms with Crippen molar-refractivity contribution >= 4 is 37.4 Å². The van der Waals surface area contributed by atoms with Crippen LogP contribution in [0.25, 0.3) is 0 Å². The maximum Gasteiger partial charge on any atom is 0 e. The van der Waals surface area contributed by atoms with E-state index in [4.69, 9.17) is 19.2 Å². The van der Waals surface area contributed by atoms with E-state index in [0.717, 1.165) is 0 Å². The summed E-state index contributed by atoms with van der Waals surface area (Å²) in [6.07, 6.45) is 0. The Morgan fingerprint density at radius 1 is 1.12 bits per heavy atom. The molecule has 0 rings (SSSR count). The largest absolute Gasteiger partial charge is 0 e. The Bertz CT molecular complexity index is 62.2. The van der Waals surface area contributed by atoms with Crippen LogP contribution in [0.2, 0.25) is 0 Å². The van der Waals surface area contributed by atoms with Crippen molar-refractivity contribution in [3.05, 3.63) is 0 Å². The average Bonchev–Trinajstić information content (AvgIpc) is 0.722. The Morgan fingerprint density at radius 2 is 1.12 bits per heavy atom. The molecule has 0 radical (unpaired) electrons. The molecule has 0 spiro atoms. The van der Waals surface area contributed by atoms with Gasteiger partial charge in [0.1, 0.15) is 0 Å². The van der Waals surface area contributed by atoms with Crippen molar-refractivity contribution in [3.8, 4) is 0 Å². The molecule has 0 saturated heterocycles. The van der Waals surface area contributed by atoms with Crippen LogP contribution in [-0.4, -0.2) is 44.2 Å². The summed E-state index contributed by atoms with van der Waals surface area (Å²) in [5, 5.41) is 0. The molecule has 0 aliphatic carbocycles. The summed E-state index contributed by atoms with van der Waals surface area (Å²) in [5.74, 6) is 0. The molecule has 8 heavy (non-hydrogen) atoms. The first kappa shape index (κ1) is 22.4. The van der Waals surface area contributed by atoms with Crippen LogP contribution in [0.15, 0.2) is 0 Å². The summed E-state index contributed by atoms with van der Waals surface area (Å²) in [4.78, 5) is 21.6. The minimum atomic E-state index is -4.64. The third-order valence-corrected chi connectivity index (χ3v) is 0. The maximum absolute atomic E-state index is 8.88. The van der Waals surface area contributed by atoms with Gasteiger partial charge < -0.3 is 14.7 Å². The van der Waals surface area contributed by atoms with Gasteiger partial charge in [-0.2, -0.15) is 0 Å². The molecule has 0 aromatic carbocycles. The number of rotatable bonds is 0. The summed E-state index contributed by atoms with van der Waals surface area (Å²) in [6, 6.07) is 0. The molecule has 0 amide bonds. The molecule has 0 heterocycles. The van der Waals surface area contributed by atoms with Crippen molar-refractivity contribution in [2.45, 2.75) is 0 Å². The standard InChI is InChI=1S/Na.Ni.H3O4P.Zr.H/c;;1-5(2,3)4;;/h;;(H3,1,2,3,4);;. The first-order valence-electron chi connectivity index (χ1n) is 0.783. The number of phosphoric acid groups is 1. The normalized spacial score (nSPS) is 7.38. The van der Waals surface area contributed by atoms with E-state index in [-0.39, 0.29) is 72.3 Å². The average molecular weight is 272 g/mol. The molecule has 0 fully saturated rings. The van der Waals surface area contributed by atoms with Crippen LogP contribution < -0.4 is 0 Å². The van der Waals surface area contributed by atoms with Crippen LogP contribution in [-0.2, 0) is 47.3 Å².